The van der Waals surface area contributed by atoms with E-state index in [2.05, 4.69) is 22.5 Å². The van der Waals surface area contributed by atoms with E-state index >= 15 is 0 Å². The summed E-state index contributed by atoms with van der Waals surface area (Å²) in [6.45, 7) is 5.23. The standard InChI is InChI=1S/C22H30N4O3/c1-16-5-4-12-25(13-16)14-17-6-8-18(9-7-17)23-19(27)15-26-20(28)22(24-21(26)29)10-2-3-11-22/h6-9,16H,2-5,10-15H2,1H3,(H,23,27)(H,24,29). The molecule has 7 nitrogen and oxygen atoms in total. The van der Waals surface area contributed by atoms with Gasteiger partial charge in [-0.1, -0.05) is 31.9 Å². The zero-order chi connectivity index (χ0) is 20.4. The highest BCUT2D eigenvalue weighted by molar-refractivity contribution is 6.10. The number of amides is 4. The number of anilines is 1. The molecule has 1 spiro atoms. The molecule has 156 valence electrons. The maximum atomic E-state index is 12.6. The molecule has 1 aromatic rings. The van der Waals surface area contributed by atoms with E-state index < -0.39 is 11.6 Å². The van der Waals surface area contributed by atoms with Crippen molar-refractivity contribution in [2.75, 3.05) is 25.0 Å². The number of piperidine rings is 1. The number of carbonyl (C=O) groups is 3. The molecule has 7 heteroatoms. The van der Waals surface area contributed by atoms with Crippen LogP contribution in [0, 0.1) is 5.92 Å². The van der Waals surface area contributed by atoms with Crippen molar-refractivity contribution in [1.29, 1.82) is 0 Å². The molecule has 4 rings (SSSR count). The van der Waals surface area contributed by atoms with E-state index in [1.54, 1.807) is 0 Å². The molecule has 1 aromatic carbocycles. The molecule has 29 heavy (non-hydrogen) atoms. The second-order valence-corrected chi connectivity index (χ2v) is 8.84. The van der Waals surface area contributed by atoms with E-state index in [0.717, 1.165) is 43.3 Å². The van der Waals surface area contributed by atoms with Gasteiger partial charge in [-0.2, -0.15) is 0 Å². The number of likely N-dealkylation sites (tertiary alicyclic amines) is 1. The summed E-state index contributed by atoms with van der Waals surface area (Å²) < 4.78 is 0. The zero-order valence-electron chi connectivity index (χ0n) is 17.1. The van der Waals surface area contributed by atoms with Crippen LogP contribution >= 0.6 is 0 Å². The summed E-state index contributed by atoms with van der Waals surface area (Å²) in [6.07, 6.45) is 5.73. The number of benzene rings is 1. The van der Waals surface area contributed by atoms with E-state index in [1.807, 2.05) is 24.3 Å². The van der Waals surface area contributed by atoms with Crippen LogP contribution in [-0.4, -0.2) is 52.8 Å². The summed E-state index contributed by atoms with van der Waals surface area (Å²) in [5.74, 6) is 0.124. The van der Waals surface area contributed by atoms with Gasteiger partial charge in [0.05, 0.1) is 0 Å². The second-order valence-electron chi connectivity index (χ2n) is 8.84. The molecule has 0 radical (unpaired) electrons. The van der Waals surface area contributed by atoms with Crippen molar-refractivity contribution in [3.8, 4) is 0 Å². The van der Waals surface area contributed by atoms with Crippen LogP contribution in [0.1, 0.15) is 51.0 Å². The Kier molecular flexibility index (Phi) is 5.58. The predicted molar refractivity (Wildman–Crippen MR) is 110 cm³/mol. The predicted octanol–water partition coefficient (Wildman–Crippen LogP) is 2.72. The molecular formula is C22H30N4O3. The molecule has 2 heterocycles. The average Bonchev–Trinajstić information content (AvgIpc) is 3.24. The highest BCUT2D eigenvalue weighted by atomic mass is 16.2. The van der Waals surface area contributed by atoms with Crippen molar-refractivity contribution < 1.29 is 14.4 Å². The van der Waals surface area contributed by atoms with Crippen LogP contribution in [0.3, 0.4) is 0 Å². The molecule has 2 saturated heterocycles. The van der Waals surface area contributed by atoms with Crippen molar-refractivity contribution in [3.05, 3.63) is 29.8 Å². The number of carbonyl (C=O) groups excluding carboxylic acids is 3. The Bertz CT molecular complexity index is 786. The number of nitrogens with one attached hydrogen (secondary N) is 2. The van der Waals surface area contributed by atoms with Gasteiger partial charge >= 0.3 is 6.03 Å². The number of rotatable bonds is 5. The minimum absolute atomic E-state index is 0.250. The van der Waals surface area contributed by atoms with E-state index in [9.17, 15) is 14.4 Å². The van der Waals surface area contributed by atoms with Crippen LogP contribution in [0.2, 0.25) is 0 Å². The first-order valence-electron chi connectivity index (χ1n) is 10.7. The maximum absolute atomic E-state index is 12.6. The van der Waals surface area contributed by atoms with Gasteiger partial charge in [0.15, 0.2) is 0 Å². The summed E-state index contributed by atoms with van der Waals surface area (Å²) in [7, 11) is 0. The van der Waals surface area contributed by atoms with Gasteiger partial charge in [-0.15, -0.1) is 0 Å². The van der Waals surface area contributed by atoms with Gasteiger partial charge in [0, 0.05) is 18.8 Å². The van der Waals surface area contributed by atoms with E-state index in [-0.39, 0.29) is 18.4 Å². The first-order chi connectivity index (χ1) is 13.9. The highest BCUT2D eigenvalue weighted by Gasteiger charge is 2.52. The summed E-state index contributed by atoms with van der Waals surface area (Å²) in [4.78, 5) is 40.8. The minimum atomic E-state index is -0.773. The normalized spacial score (nSPS) is 24.2. The zero-order valence-corrected chi connectivity index (χ0v) is 17.1. The van der Waals surface area contributed by atoms with Gasteiger partial charge in [0.2, 0.25) is 5.91 Å². The lowest BCUT2D eigenvalue weighted by Crippen LogP contribution is -2.44. The van der Waals surface area contributed by atoms with Crippen molar-refractivity contribution in [2.45, 2.75) is 57.5 Å². The van der Waals surface area contributed by atoms with Crippen LogP contribution in [0.5, 0.6) is 0 Å². The Balaban J connectivity index is 1.30. The number of nitrogens with zero attached hydrogens (tertiary/aromatic N) is 2. The molecule has 2 N–H and O–H groups in total. The highest BCUT2D eigenvalue weighted by Crippen LogP contribution is 2.34. The van der Waals surface area contributed by atoms with E-state index in [1.165, 1.54) is 18.4 Å². The monoisotopic (exact) mass is 398 g/mol. The Morgan fingerprint density at radius 2 is 1.90 bits per heavy atom. The molecule has 0 aromatic heterocycles. The van der Waals surface area contributed by atoms with Gasteiger partial charge in [0.25, 0.3) is 5.91 Å². The molecular weight excluding hydrogens is 368 g/mol. The fourth-order valence-electron chi connectivity index (χ4n) is 4.86. The third-order valence-corrected chi connectivity index (χ3v) is 6.39. The maximum Gasteiger partial charge on any atom is 0.325 e. The third kappa shape index (κ3) is 4.29. The summed E-state index contributed by atoms with van der Waals surface area (Å²) in [5, 5.41) is 5.60. The van der Waals surface area contributed by atoms with Gasteiger partial charge < -0.3 is 10.6 Å². The van der Waals surface area contributed by atoms with Gasteiger partial charge in [-0.25, -0.2) is 4.79 Å². The van der Waals surface area contributed by atoms with Crippen molar-refractivity contribution in [3.63, 3.8) is 0 Å². The molecule has 1 unspecified atom stereocenters. The molecule has 1 atom stereocenters. The molecule has 1 saturated carbocycles. The molecule has 4 amide bonds. The van der Waals surface area contributed by atoms with Crippen molar-refractivity contribution >= 4 is 23.5 Å². The lowest BCUT2D eigenvalue weighted by Gasteiger charge is -2.30. The third-order valence-electron chi connectivity index (χ3n) is 6.39. The van der Waals surface area contributed by atoms with Crippen LogP contribution in [0.15, 0.2) is 24.3 Å². The van der Waals surface area contributed by atoms with E-state index in [4.69, 9.17) is 0 Å². The Morgan fingerprint density at radius 1 is 1.17 bits per heavy atom. The van der Waals surface area contributed by atoms with Crippen LogP contribution in [0.4, 0.5) is 10.5 Å². The molecule has 1 aliphatic carbocycles. The summed E-state index contributed by atoms with van der Waals surface area (Å²) >= 11 is 0. The second kappa shape index (κ2) is 8.14. The molecule has 0 bridgehead atoms. The van der Waals surface area contributed by atoms with Crippen molar-refractivity contribution in [2.24, 2.45) is 5.92 Å². The van der Waals surface area contributed by atoms with Gasteiger partial charge in [-0.05, 0) is 55.8 Å². The Labute approximate surface area is 171 Å². The molecule has 3 fully saturated rings. The van der Waals surface area contributed by atoms with E-state index in [0.29, 0.717) is 18.5 Å². The topological polar surface area (TPSA) is 81.8 Å². The average molecular weight is 399 g/mol. The number of hydrogen-bond donors (Lipinski definition) is 2. The minimum Gasteiger partial charge on any atom is -0.325 e. The van der Waals surface area contributed by atoms with Gasteiger partial charge in [-0.3, -0.25) is 19.4 Å². The quantitative estimate of drug-likeness (QED) is 0.748. The molecule has 3 aliphatic rings. The summed E-state index contributed by atoms with van der Waals surface area (Å²) in [6, 6.07) is 7.35. The van der Waals surface area contributed by atoms with Crippen LogP contribution in [-0.2, 0) is 16.1 Å². The van der Waals surface area contributed by atoms with Crippen molar-refractivity contribution in [1.82, 2.24) is 15.1 Å². The Hall–Kier alpha value is -2.41. The lowest BCUT2D eigenvalue weighted by atomic mass is 9.98. The summed E-state index contributed by atoms with van der Waals surface area (Å²) in [5.41, 5.74) is 1.12. The van der Waals surface area contributed by atoms with Gasteiger partial charge in [0.1, 0.15) is 12.1 Å². The number of hydrogen-bond acceptors (Lipinski definition) is 4. The van der Waals surface area contributed by atoms with Crippen LogP contribution in [0.25, 0.3) is 0 Å². The Morgan fingerprint density at radius 3 is 2.59 bits per heavy atom. The number of imide groups is 1. The van der Waals surface area contributed by atoms with Crippen LogP contribution < -0.4 is 10.6 Å². The first kappa shape index (κ1) is 19.9. The molecule has 2 aliphatic heterocycles. The fourth-order valence-corrected chi connectivity index (χ4v) is 4.86. The largest absolute Gasteiger partial charge is 0.325 e. The number of urea groups is 1. The SMILES string of the molecule is CC1CCCN(Cc2ccc(NC(=O)CN3C(=O)NC4(CCCC4)C3=O)cc2)C1. The fraction of sp³-hybridized carbons (Fsp3) is 0.591. The smallest absolute Gasteiger partial charge is 0.325 e. The first-order valence-corrected chi connectivity index (χ1v) is 10.7. The lowest BCUT2D eigenvalue weighted by molar-refractivity contribution is -0.133.